The number of likely N-dealkylation sites (tertiary alicyclic amines) is 1. The fraction of sp³-hybridized carbons (Fsp3) is 0.541. The normalized spacial score (nSPS) is 18.4. The van der Waals surface area contributed by atoms with E-state index in [0.29, 0.717) is 87.6 Å². The summed E-state index contributed by atoms with van der Waals surface area (Å²) in [6, 6.07) is 8.44. The number of fused-ring (bicyclic) bond motifs is 2. The summed E-state index contributed by atoms with van der Waals surface area (Å²) in [5.74, 6) is -3.67. The van der Waals surface area contributed by atoms with Gasteiger partial charge in [0, 0.05) is 31.1 Å². The fourth-order valence-corrected chi connectivity index (χ4v) is 7.31. The summed E-state index contributed by atoms with van der Waals surface area (Å²) in [6.07, 6.45) is 2.95. The number of aliphatic hydroxyl groups excluding tert-OH is 1. The highest BCUT2D eigenvalue weighted by atomic mass is 16.5. The van der Waals surface area contributed by atoms with Crippen LogP contribution in [-0.4, -0.2) is 107 Å². The van der Waals surface area contributed by atoms with Gasteiger partial charge in [-0.15, -0.1) is 0 Å². The third-order valence-corrected chi connectivity index (χ3v) is 10.6. The Labute approximate surface area is 315 Å². The van der Waals surface area contributed by atoms with E-state index in [9.17, 15) is 44.2 Å². The number of carbonyl (C=O) groups excluding carboxylic acids is 4. The molecule has 0 aliphatic carbocycles. The number of carbonyl (C=O) groups is 5. The Bertz CT molecular complexity index is 1690. The van der Waals surface area contributed by atoms with Gasteiger partial charge in [-0.3, -0.25) is 19.2 Å². The Morgan fingerprint density at radius 2 is 1.61 bits per heavy atom. The number of aryl methyl sites for hydroxylation is 1. The highest BCUT2D eigenvalue weighted by Gasteiger charge is 2.38. The molecule has 0 spiro atoms. The van der Waals surface area contributed by atoms with Gasteiger partial charge in [-0.2, -0.15) is 0 Å². The molecule has 3 heterocycles. The molecule has 54 heavy (non-hydrogen) atoms. The summed E-state index contributed by atoms with van der Waals surface area (Å²) < 4.78 is 10.5. The van der Waals surface area contributed by atoms with Gasteiger partial charge in [0.05, 0.1) is 25.2 Å². The van der Waals surface area contributed by atoms with Gasteiger partial charge in [0.2, 0.25) is 17.7 Å². The van der Waals surface area contributed by atoms with Gasteiger partial charge in [-0.25, -0.2) is 4.79 Å². The van der Waals surface area contributed by atoms with Crippen LogP contribution < -0.4 is 26.9 Å². The lowest BCUT2D eigenvalue weighted by molar-refractivity contribution is -0.147. The van der Waals surface area contributed by atoms with Crippen LogP contribution in [0.15, 0.2) is 36.4 Å². The zero-order valence-corrected chi connectivity index (χ0v) is 30.8. The molecular weight excluding hydrogens is 698 g/mol. The maximum Gasteiger partial charge on any atom is 0.491 e. The predicted octanol–water partition coefficient (Wildman–Crippen LogP) is -0.645. The van der Waals surface area contributed by atoms with Gasteiger partial charge < -0.3 is 50.4 Å². The first-order valence-electron chi connectivity index (χ1n) is 18.8. The van der Waals surface area contributed by atoms with E-state index in [1.54, 1.807) is 18.2 Å². The van der Waals surface area contributed by atoms with Crippen LogP contribution >= 0.6 is 0 Å². The summed E-state index contributed by atoms with van der Waals surface area (Å²) in [6.45, 7) is 4.58. The fourth-order valence-electron chi connectivity index (χ4n) is 7.31. The molecule has 0 aromatic heterocycles. The highest BCUT2D eigenvalue weighted by Crippen LogP contribution is 2.24. The van der Waals surface area contributed by atoms with Crippen molar-refractivity contribution in [3.05, 3.63) is 58.7 Å². The maximum atomic E-state index is 13.5. The molecule has 7 N–H and O–H groups in total. The molecule has 0 unspecified atom stereocenters. The van der Waals surface area contributed by atoms with E-state index >= 15 is 0 Å². The van der Waals surface area contributed by atoms with E-state index in [4.69, 9.17) is 9.31 Å². The Balaban J connectivity index is 1.13. The van der Waals surface area contributed by atoms with Crippen LogP contribution in [0.4, 0.5) is 0 Å². The molecule has 15 nitrogen and oxygen atoms in total. The number of nitrogens with zero attached hydrogens (tertiary/aromatic N) is 1. The first kappa shape index (κ1) is 40.9. The van der Waals surface area contributed by atoms with E-state index in [1.165, 1.54) is 11.8 Å². The van der Waals surface area contributed by atoms with Crippen LogP contribution in [0, 0.1) is 11.8 Å². The number of aliphatic carboxylic acids is 1. The third kappa shape index (κ3) is 10.1. The van der Waals surface area contributed by atoms with Crippen molar-refractivity contribution in [1.82, 2.24) is 20.9 Å². The van der Waals surface area contributed by atoms with Crippen molar-refractivity contribution >= 4 is 54.8 Å². The monoisotopic (exact) mass is 748 g/mol. The number of nitrogens with one attached hydrogen (secondary N) is 3. The summed E-state index contributed by atoms with van der Waals surface area (Å²) in [5, 5.41) is 47.6. The lowest BCUT2D eigenvalue weighted by atomic mass is 9.78. The molecule has 0 radical (unpaired) electrons. The van der Waals surface area contributed by atoms with Crippen molar-refractivity contribution in [3.8, 4) is 0 Å². The van der Waals surface area contributed by atoms with Crippen LogP contribution in [0.3, 0.4) is 0 Å². The Kier molecular flexibility index (Phi) is 14.3. The molecule has 1 saturated heterocycles. The van der Waals surface area contributed by atoms with E-state index < -0.39 is 50.2 Å². The molecule has 0 bridgehead atoms. The first-order valence-corrected chi connectivity index (χ1v) is 18.8. The van der Waals surface area contributed by atoms with Crippen molar-refractivity contribution in [2.24, 2.45) is 11.8 Å². The van der Waals surface area contributed by atoms with E-state index in [0.717, 1.165) is 16.7 Å². The van der Waals surface area contributed by atoms with Gasteiger partial charge in [0.15, 0.2) is 6.04 Å². The average Bonchev–Trinajstić information content (AvgIpc) is 3.90. The quantitative estimate of drug-likeness (QED) is 0.0750. The number of aliphatic hydroxyl groups is 1. The predicted molar refractivity (Wildman–Crippen MR) is 198 cm³/mol. The highest BCUT2D eigenvalue weighted by molar-refractivity contribution is 6.62. The number of carboxylic acid groups (broad SMARTS) is 1. The Morgan fingerprint density at radius 3 is 2.28 bits per heavy atom. The topological polar surface area (TPSA) is 224 Å². The Morgan fingerprint density at radius 1 is 0.926 bits per heavy atom. The summed E-state index contributed by atoms with van der Waals surface area (Å²) in [7, 11) is -2.08. The number of amides is 4. The lowest BCUT2D eigenvalue weighted by Crippen LogP contribution is -2.54. The second kappa shape index (κ2) is 18.8. The largest absolute Gasteiger partial charge is 0.491 e. The van der Waals surface area contributed by atoms with E-state index in [-0.39, 0.29) is 36.8 Å². The standard InChI is InChI=1S/C37H50B2N4O11/c1-3-24(36(48)43-16-6-8-31(43)35(47)42-32(22(2)44)37(49)50)7-4-5-15-40-34(46)26(11-9-23-10-12-27-20-53-38(51)29(27)17-23)19-41-33(45)25-13-14-28-21-54-39(52)30(28)18-25/h10,12-14,17-18,22,24,26,31-32,44,51-52H,3-9,11,15-16,19-21H2,1-2H3,(H,40,46)(H,41,45)(H,42,47)(H,49,50)/t22-,24-,26-,31+,32+/m1/s1. The van der Waals surface area contributed by atoms with Crippen LogP contribution in [0.2, 0.25) is 0 Å². The number of hydrogen-bond acceptors (Lipinski definition) is 10. The maximum absolute atomic E-state index is 13.5. The molecule has 5 rings (SSSR count). The molecule has 5 atom stereocenters. The van der Waals surface area contributed by atoms with Crippen LogP contribution in [0.25, 0.3) is 0 Å². The minimum Gasteiger partial charge on any atom is -0.480 e. The van der Waals surface area contributed by atoms with E-state index in [1.807, 2.05) is 25.1 Å². The van der Waals surface area contributed by atoms with Gasteiger partial charge in [0.1, 0.15) is 6.04 Å². The minimum atomic E-state index is -1.47. The van der Waals surface area contributed by atoms with Crippen molar-refractivity contribution in [2.45, 2.75) is 96.6 Å². The molecule has 3 aliphatic heterocycles. The second-order valence-corrected chi connectivity index (χ2v) is 14.4. The van der Waals surface area contributed by atoms with Gasteiger partial charge in [-0.1, -0.05) is 37.6 Å². The number of hydrogen-bond donors (Lipinski definition) is 7. The molecule has 4 amide bonds. The van der Waals surface area contributed by atoms with Crippen molar-refractivity contribution in [2.75, 3.05) is 19.6 Å². The number of carboxylic acids is 1. The van der Waals surface area contributed by atoms with Crippen molar-refractivity contribution in [3.63, 3.8) is 0 Å². The number of benzene rings is 2. The van der Waals surface area contributed by atoms with Gasteiger partial charge >= 0.3 is 20.2 Å². The lowest BCUT2D eigenvalue weighted by Gasteiger charge is -2.29. The van der Waals surface area contributed by atoms with Crippen LogP contribution in [-0.2, 0) is 48.1 Å². The van der Waals surface area contributed by atoms with Gasteiger partial charge in [-0.05, 0) is 91.6 Å². The van der Waals surface area contributed by atoms with Crippen LogP contribution in [0.1, 0.15) is 85.8 Å². The minimum absolute atomic E-state index is 0.0684. The van der Waals surface area contributed by atoms with E-state index in [2.05, 4.69) is 16.0 Å². The zero-order chi connectivity index (χ0) is 38.9. The molecule has 3 aliphatic rings. The van der Waals surface area contributed by atoms with Crippen molar-refractivity contribution in [1.29, 1.82) is 0 Å². The molecule has 2 aromatic rings. The number of rotatable bonds is 18. The summed E-state index contributed by atoms with van der Waals surface area (Å²) in [4.78, 5) is 66.1. The van der Waals surface area contributed by atoms with Crippen LogP contribution in [0.5, 0.6) is 0 Å². The molecule has 2 aromatic carbocycles. The van der Waals surface area contributed by atoms with Crippen molar-refractivity contribution < 1.29 is 53.5 Å². The second-order valence-electron chi connectivity index (χ2n) is 14.4. The number of unbranched alkanes of at least 4 members (excludes halogenated alkanes) is 1. The molecular formula is C37H50B2N4O11. The smallest absolute Gasteiger partial charge is 0.480 e. The molecule has 290 valence electrons. The molecule has 1 fully saturated rings. The average molecular weight is 748 g/mol. The third-order valence-electron chi connectivity index (χ3n) is 10.6. The Hall–Kier alpha value is -4.28. The summed E-state index contributed by atoms with van der Waals surface area (Å²) >= 11 is 0. The SMILES string of the molecule is CC[C@H](CCCCNC(=O)[C@H](CCc1ccc2c(c1)B(O)OC2)CNC(=O)c1ccc2c(c1)B(O)OC2)C(=O)N1CCC[C@H]1C(=O)N[C@H](C(=O)O)[C@@H](C)O. The molecule has 17 heteroatoms. The zero-order valence-electron chi connectivity index (χ0n) is 30.8. The molecule has 0 saturated carbocycles. The first-order chi connectivity index (χ1) is 25.9. The summed E-state index contributed by atoms with van der Waals surface area (Å²) in [5.41, 5.74) is 4.24. The van der Waals surface area contributed by atoms with Gasteiger partial charge in [0.25, 0.3) is 5.91 Å².